The normalized spacial score (nSPS) is 14.3. The molecular formula is C37H50N6O12. The SMILES string of the molecule is CC(C)C[C@H](NC(=O)[C@@H](NC(=O)[C@@H](N)CCC(=O)O)C(C)C)C(=O)N[C@@H](Cc1ccccc1)[C@@H](O)C(=O)N[C@@H](CC(=O)O)C(=O)Nc1ccc(C(=O)O)cc1. The molecule has 300 valence electrons. The number of aliphatic hydroxyl groups excluding tert-OH is 1. The Hall–Kier alpha value is -5.88. The molecule has 2 rings (SSSR count). The maximum absolute atomic E-state index is 13.8. The van der Waals surface area contributed by atoms with Gasteiger partial charge in [-0.1, -0.05) is 58.0 Å². The third-order valence-corrected chi connectivity index (χ3v) is 8.28. The van der Waals surface area contributed by atoms with E-state index < -0.39 is 96.1 Å². The van der Waals surface area contributed by atoms with Crippen LogP contribution >= 0.6 is 0 Å². The number of hydrogen-bond donors (Lipinski definition) is 10. The fourth-order valence-corrected chi connectivity index (χ4v) is 5.31. The molecule has 55 heavy (non-hydrogen) atoms. The minimum Gasteiger partial charge on any atom is -0.481 e. The highest BCUT2D eigenvalue weighted by Crippen LogP contribution is 2.14. The zero-order valence-corrected chi connectivity index (χ0v) is 31.0. The highest BCUT2D eigenvalue weighted by atomic mass is 16.4. The molecule has 0 saturated carbocycles. The number of nitrogens with two attached hydrogens (primary N) is 1. The number of carboxylic acids is 3. The fraction of sp³-hybridized carbons (Fsp3) is 0.459. The molecule has 11 N–H and O–H groups in total. The lowest BCUT2D eigenvalue weighted by molar-refractivity contribution is -0.141. The largest absolute Gasteiger partial charge is 0.481 e. The number of benzene rings is 2. The molecule has 0 heterocycles. The number of anilines is 1. The van der Waals surface area contributed by atoms with Crippen LogP contribution in [0, 0.1) is 11.8 Å². The molecular weight excluding hydrogens is 720 g/mol. The van der Waals surface area contributed by atoms with Crippen molar-refractivity contribution in [2.45, 2.75) is 96.1 Å². The van der Waals surface area contributed by atoms with Crippen LogP contribution in [0.1, 0.15) is 69.3 Å². The average molecular weight is 771 g/mol. The van der Waals surface area contributed by atoms with Gasteiger partial charge in [-0.15, -0.1) is 0 Å². The van der Waals surface area contributed by atoms with E-state index in [1.165, 1.54) is 24.3 Å². The van der Waals surface area contributed by atoms with Crippen LogP contribution in [0.4, 0.5) is 5.69 Å². The average Bonchev–Trinajstić information content (AvgIpc) is 3.11. The van der Waals surface area contributed by atoms with Gasteiger partial charge >= 0.3 is 17.9 Å². The summed E-state index contributed by atoms with van der Waals surface area (Å²) in [6, 6.07) is 6.69. The van der Waals surface area contributed by atoms with Gasteiger partial charge in [0.1, 0.15) is 18.1 Å². The molecule has 0 spiro atoms. The Kier molecular flexibility index (Phi) is 17.9. The quantitative estimate of drug-likeness (QED) is 0.0768. The summed E-state index contributed by atoms with van der Waals surface area (Å²) in [5, 5.41) is 51.2. The summed E-state index contributed by atoms with van der Waals surface area (Å²) in [5.41, 5.74) is 6.44. The van der Waals surface area contributed by atoms with Gasteiger partial charge in [-0.25, -0.2) is 4.79 Å². The maximum atomic E-state index is 13.8. The van der Waals surface area contributed by atoms with Gasteiger partial charge in [-0.2, -0.15) is 0 Å². The second-order valence-electron chi connectivity index (χ2n) is 13.7. The van der Waals surface area contributed by atoms with Gasteiger partial charge in [0.2, 0.25) is 23.6 Å². The number of carboxylic acid groups (broad SMARTS) is 3. The number of rotatable bonds is 22. The molecule has 18 nitrogen and oxygen atoms in total. The number of carbonyl (C=O) groups is 8. The van der Waals surface area contributed by atoms with E-state index in [1.807, 2.05) is 0 Å². The zero-order valence-electron chi connectivity index (χ0n) is 31.0. The highest BCUT2D eigenvalue weighted by molar-refractivity contribution is 6.00. The molecule has 0 unspecified atom stereocenters. The standard InChI is InChI=1S/C37H50N6O12/c1-19(2)16-26(41-35(52)30(20(3)4)43-32(49)24(38)14-15-28(44)45)34(51)40-25(17-21-8-6-5-7-9-21)31(48)36(53)42-27(18-29(46)47)33(50)39-23-12-10-22(11-13-23)37(54)55/h5-13,19-20,24-27,30-31,48H,14-18,38H2,1-4H3,(H,39,50)(H,40,51)(H,41,52)(H,42,53)(H,43,49)(H,44,45)(H,46,47)(H,54,55)/t24-,25-,26-,27-,30-,31+/m0/s1. The van der Waals surface area contributed by atoms with Crippen molar-refractivity contribution in [3.05, 3.63) is 65.7 Å². The highest BCUT2D eigenvalue weighted by Gasteiger charge is 2.35. The second-order valence-corrected chi connectivity index (χ2v) is 13.7. The number of aromatic carboxylic acids is 1. The Morgan fingerprint density at radius 1 is 0.673 bits per heavy atom. The number of amides is 5. The van der Waals surface area contributed by atoms with Crippen molar-refractivity contribution in [3.8, 4) is 0 Å². The first-order valence-corrected chi connectivity index (χ1v) is 17.6. The fourth-order valence-electron chi connectivity index (χ4n) is 5.31. The molecule has 2 aromatic carbocycles. The first kappa shape index (κ1) is 45.3. The van der Waals surface area contributed by atoms with Gasteiger partial charge in [0.25, 0.3) is 5.91 Å². The number of aliphatic hydroxyl groups is 1. The van der Waals surface area contributed by atoms with E-state index in [9.17, 15) is 48.6 Å². The summed E-state index contributed by atoms with van der Waals surface area (Å²) in [4.78, 5) is 100. The van der Waals surface area contributed by atoms with Crippen LogP contribution in [-0.4, -0.2) is 104 Å². The first-order chi connectivity index (χ1) is 25.8. The van der Waals surface area contributed by atoms with Crippen molar-refractivity contribution < 1.29 is 58.8 Å². The van der Waals surface area contributed by atoms with Crippen molar-refractivity contribution in [2.75, 3.05) is 5.32 Å². The molecule has 0 saturated heterocycles. The van der Waals surface area contributed by atoms with Crippen LogP contribution in [0.5, 0.6) is 0 Å². The minimum absolute atomic E-state index is 0.0700. The Morgan fingerprint density at radius 3 is 1.80 bits per heavy atom. The number of aliphatic carboxylic acids is 2. The molecule has 5 amide bonds. The van der Waals surface area contributed by atoms with Gasteiger partial charge < -0.3 is 52.7 Å². The van der Waals surface area contributed by atoms with E-state index in [4.69, 9.17) is 15.9 Å². The van der Waals surface area contributed by atoms with E-state index in [2.05, 4.69) is 26.6 Å². The first-order valence-electron chi connectivity index (χ1n) is 17.6. The van der Waals surface area contributed by atoms with Crippen LogP contribution in [-0.2, 0) is 40.0 Å². The summed E-state index contributed by atoms with van der Waals surface area (Å²) in [6.07, 6.45) is -3.51. The third kappa shape index (κ3) is 15.6. The molecule has 0 fully saturated rings. The smallest absolute Gasteiger partial charge is 0.335 e. The predicted octanol–water partition coefficient (Wildman–Crippen LogP) is 0.235. The van der Waals surface area contributed by atoms with Crippen molar-refractivity contribution >= 4 is 53.1 Å². The van der Waals surface area contributed by atoms with Crippen LogP contribution < -0.4 is 32.3 Å². The Labute approximate surface area is 317 Å². The van der Waals surface area contributed by atoms with Gasteiger partial charge in [0.15, 0.2) is 6.10 Å². The molecule has 0 aliphatic carbocycles. The number of hydrogen-bond acceptors (Lipinski definition) is 10. The van der Waals surface area contributed by atoms with Crippen molar-refractivity contribution in [2.24, 2.45) is 17.6 Å². The van der Waals surface area contributed by atoms with E-state index in [0.717, 1.165) is 0 Å². The van der Waals surface area contributed by atoms with Gasteiger partial charge in [0, 0.05) is 12.1 Å². The lowest BCUT2D eigenvalue weighted by Gasteiger charge is -2.30. The van der Waals surface area contributed by atoms with Gasteiger partial charge in [-0.3, -0.25) is 33.6 Å². The molecule has 6 atom stereocenters. The molecule has 0 aromatic heterocycles. The molecule has 18 heteroatoms. The topological polar surface area (TPSA) is 304 Å². The van der Waals surface area contributed by atoms with Crippen LogP contribution in [0.25, 0.3) is 0 Å². The zero-order chi connectivity index (χ0) is 41.4. The summed E-state index contributed by atoms with van der Waals surface area (Å²) in [5.74, 6) is -8.96. The van der Waals surface area contributed by atoms with E-state index >= 15 is 0 Å². The van der Waals surface area contributed by atoms with E-state index in [-0.39, 0.29) is 42.9 Å². The Morgan fingerprint density at radius 2 is 1.27 bits per heavy atom. The van der Waals surface area contributed by atoms with Crippen molar-refractivity contribution in [3.63, 3.8) is 0 Å². The molecule has 0 bridgehead atoms. The predicted molar refractivity (Wildman–Crippen MR) is 197 cm³/mol. The van der Waals surface area contributed by atoms with Gasteiger partial charge in [-0.05, 0) is 60.9 Å². The maximum Gasteiger partial charge on any atom is 0.335 e. The monoisotopic (exact) mass is 770 g/mol. The summed E-state index contributed by atoms with van der Waals surface area (Å²) >= 11 is 0. The molecule has 0 radical (unpaired) electrons. The third-order valence-electron chi connectivity index (χ3n) is 8.28. The molecule has 2 aromatic rings. The van der Waals surface area contributed by atoms with Crippen molar-refractivity contribution in [1.82, 2.24) is 21.3 Å². The number of nitrogens with one attached hydrogen (secondary N) is 5. The van der Waals surface area contributed by atoms with Crippen LogP contribution in [0.2, 0.25) is 0 Å². The summed E-state index contributed by atoms with van der Waals surface area (Å²) < 4.78 is 0. The van der Waals surface area contributed by atoms with Gasteiger partial charge in [0.05, 0.1) is 24.1 Å². The summed E-state index contributed by atoms with van der Waals surface area (Å²) in [6.45, 7) is 6.85. The van der Waals surface area contributed by atoms with E-state index in [0.29, 0.717) is 5.56 Å². The van der Waals surface area contributed by atoms with Crippen LogP contribution in [0.15, 0.2) is 54.6 Å². The second kappa shape index (κ2) is 21.7. The Bertz CT molecular complexity index is 1670. The van der Waals surface area contributed by atoms with Crippen LogP contribution in [0.3, 0.4) is 0 Å². The molecule has 0 aliphatic heterocycles. The lowest BCUT2D eigenvalue weighted by Crippen LogP contribution is -2.60. The lowest BCUT2D eigenvalue weighted by atomic mass is 9.97. The van der Waals surface area contributed by atoms with E-state index in [1.54, 1.807) is 58.0 Å². The summed E-state index contributed by atoms with van der Waals surface area (Å²) in [7, 11) is 0. The number of carbonyl (C=O) groups excluding carboxylic acids is 5. The van der Waals surface area contributed by atoms with Crippen molar-refractivity contribution in [1.29, 1.82) is 0 Å². The molecule has 0 aliphatic rings. The Balaban J connectivity index is 2.32. The minimum atomic E-state index is -2.05.